The second kappa shape index (κ2) is 5.45. The third-order valence-electron chi connectivity index (χ3n) is 3.22. The van der Waals surface area contributed by atoms with Gasteiger partial charge < -0.3 is 5.32 Å². The van der Waals surface area contributed by atoms with Crippen molar-refractivity contribution in [1.29, 1.82) is 0 Å². The third kappa shape index (κ3) is 3.15. The van der Waals surface area contributed by atoms with Gasteiger partial charge >= 0.3 is 0 Å². The van der Waals surface area contributed by atoms with E-state index in [2.05, 4.69) is 5.32 Å². The Hall–Kier alpha value is -1.80. The Morgan fingerprint density at radius 2 is 1.63 bits per heavy atom. The smallest absolute Gasteiger partial charge is 0.255 e. The molecule has 0 spiro atoms. The van der Waals surface area contributed by atoms with Crippen molar-refractivity contribution < 1.29 is 4.79 Å². The van der Waals surface area contributed by atoms with E-state index in [9.17, 15) is 4.79 Å². The monoisotopic (exact) mass is 273 g/mol. The predicted octanol–water partition coefficient (Wildman–Crippen LogP) is 4.52. The number of benzene rings is 2. The first kappa shape index (κ1) is 13.6. The van der Waals surface area contributed by atoms with Crippen molar-refractivity contribution >= 4 is 23.2 Å². The van der Waals surface area contributed by atoms with E-state index in [1.165, 1.54) is 5.56 Å². The van der Waals surface area contributed by atoms with Crippen LogP contribution in [0.4, 0.5) is 5.69 Å². The van der Waals surface area contributed by atoms with Gasteiger partial charge in [-0.3, -0.25) is 4.79 Å². The summed E-state index contributed by atoms with van der Waals surface area (Å²) >= 11 is 5.94. The van der Waals surface area contributed by atoms with E-state index in [0.29, 0.717) is 10.6 Å². The van der Waals surface area contributed by atoms with E-state index in [1.54, 1.807) is 6.07 Å². The molecule has 98 valence electrons. The lowest BCUT2D eigenvalue weighted by Crippen LogP contribution is -2.13. The summed E-state index contributed by atoms with van der Waals surface area (Å²) < 4.78 is 0. The van der Waals surface area contributed by atoms with Gasteiger partial charge in [-0.1, -0.05) is 23.7 Å². The summed E-state index contributed by atoms with van der Waals surface area (Å²) in [4.78, 5) is 12.2. The molecule has 0 fully saturated rings. The first-order valence-corrected chi connectivity index (χ1v) is 6.50. The largest absolute Gasteiger partial charge is 0.322 e. The SMILES string of the molecule is Cc1ccc(C(=O)Nc2cc(Cl)ccc2C)cc1C. The maximum atomic E-state index is 12.2. The molecule has 0 aliphatic carbocycles. The van der Waals surface area contributed by atoms with Gasteiger partial charge in [0.05, 0.1) is 0 Å². The number of halogens is 1. The molecule has 0 saturated carbocycles. The van der Waals surface area contributed by atoms with Crippen molar-refractivity contribution in [3.8, 4) is 0 Å². The molecule has 2 aromatic rings. The third-order valence-corrected chi connectivity index (χ3v) is 3.45. The van der Waals surface area contributed by atoms with Crippen molar-refractivity contribution in [3.63, 3.8) is 0 Å². The molecule has 0 atom stereocenters. The Morgan fingerprint density at radius 1 is 0.947 bits per heavy atom. The number of rotatable bonds is 2. The van der Waals surface area contributed by atoms with E-state index in [4.69, 9.17) is 11.6 Å². The van der Waals surface area contributed by atoms with Crippen LogP contribution in [0.15, 0.2) is 36.4 Å². The van der Waals surface area contributed by atoms with E-state index in [0.717, 1.165) is 16.8 Å². The minimum Gasteiger partial charge on any atom is -0.322 e. The second-order valence-corrected chi connectivity index (χ2v) is 5.15. The van der Waals surface area contributed by atoms with Crippen molar-refractivity contribution in [1.82, 2.24) is 0 Å². The second-order valence-electron chi connectivity index (χ2n) is 4.71. The summed E-state index contributed by atoms with van der Waals surface area (Å²) in [6, 6.07) is 11.1. The van der Waals surface area contributed by atoms with E-state index in [1.807, 2.05) is 51.1 Å². The van der Waals surface area contributed by atoms with Gasteiger partial charge in [0.2, 0.25) is 0 Å². The zero-order valence-electron chi connectivity index (χ0n) is 11.3. The van der Waals surface area contributed by atoms with Crippen LogP contribution in [0.1, 0.15) is 27.0 Å². The fourth-order valence-corrected chi connectivity index (χ4v) is 1.98. The van der Waals surface area contributed by atoms with Gasteiger partial charge in [-0.25, -0.2) is 0 Å². The van der Waals surface area contributed by atoms with Crippen LogP contribution in [-0.4, -0.2) is 5.91 Å². The highest BCUT2D eigenvalue weighted by molar-refractivity contribution is 6.31. The van der Waals surface area contributed by atoms with Crippen LogP contribution >= 0.6 is 11.6 Å². The first-order chi connectivity index (χ1) is 8.97. The van der Waals surface area contributed by atoms with Gasteiger partial charge in [0.1, 0.15) is 0 Å². The number of carbonyl (C=O) groups is 1. The molecule has 0 heterocycles. The van der Waals surface area contributed by atoms with Crippen LogP contribution < -0.4 is 5.32 Å². The van der Waals surface area contributed by atoms with E-state index >= 15 is 0 Å². The molecule has 0 radical (unpaired) electrons. The highest BCUT2D eigenvalue weighted by Crippen LogP contribution is 2.21. The van der Waals surface area contributed by atoms with Gasteiger partial charge in [-0.15, -0.1) is 0 Å². The van der Waals surface area contributed by atoms with Gasteiger partial charge in [-0.05, 0) is 61.7 Å². The molecular formula is C16H16ClNO. The molecule has 0 aliphatic rings. The Kier molecular flexibility index (Phi) is 3.91. The van der Waals surface area contributed by atoms with Crippen molar-refractivity contribution in [2.24, 2.45) is 0 Å². The Labute approximate surface area is 118 Å². The Balaban J connectivity index is 2.25. The summed E-state index contributed by atoms with van der Waals surface area (Å²) in [5.41, 5.74) is 4.67. The Bertz CT molecular complexity index is 635. The highest BCUT2D eigenvalue weighted by Gasteiger charge is 2.09. The fourth-order valence-electron chi connectivity index (χ4n) is 1.81. The minimum absolute atomic E-state index is 0.117. The molecule has 2 nitrogen and oxygen atoms in total. The van der Waals surface area contributed by atoms with Gasteiger partial charge in [0.15, 0.2) is 0 Å². The topological polar surface area (TPSA) is 29.1 Å². The molecule has 0 aliphatic heterocycles. The van der Waals surface area contributed by atoms with Gasteiger partial charge in [0, 0.05) is 16.3 Å². The van der Waals surface area contributed by atoms with E-state index in [-0.39, 0.29) is 5.91 Å². The number of hydrogen-bond donors (Lipinski definition) is 1. The number of carbonyl (C=O) groups excluding carboxylic acids is 1. The lowest BCUT2D eigenvalue weighted by atomic mass is 10.1. The van der Waals surface area contributed by atoms with Crippen LogP contribution in [0, 0.1) is 20.8 Å². The average molecular weight is 274 g/mol. The van der Waals surface area contributed by atoms with Gasteiger partial charge in [0.25, 0.3) is 5.91 Å². The maximum Gasteiger partial charge on any atom is 0.255 e. The summed E-state index contributed by atoms with van der Waals surface area (Å²) in [7, 11) is 0. The minimum atomic E-state index is -0.117. The van der Waals surface area contributed by atoms with Crippen molar-refractivity contribution in [3.05, 3.63) is 63.7 Å². The molecular weight excluding hydrogens is 258 g/mol. The summed E-state index contributed by atoms with van der Waals surface area (Å²) in [5.74, 6) is -0.117. The fraction of sp³-hybridized carbons (Fsp3) is 0.188. The van der Waals surface area contributed by atoms with Gasteiger partial charge in [-0.2, -0.15) is 0 Å². The lowest BCUT2D eigenvalue weighted by molar-refractivity contribution is 0.102. The molecule has 0 aromatic heterocycles. The van der Waals surface area contributed by atoms with Crippen LogP contribution in [0.2, 0.25) is 5.02 Å². The highest BCUT2D eigenvalue weighted by atomic mass is 35.5. The average Bonchev–Trinajstić information content (AvgIpc) is 2.37. The Morgan fingerprint density at radius 3 is 2.32 bits per heavy atom. The van der Waals surface area contributed by atoms with Crippen molar-refractivity contribution in [2.75, 3.05) is 5.32 Å². The van der Waals surface area contributed by atoms with Crippen molar-refractivity contribution in [2.45, 2.75) is 20.8 Å². The van der Waals surface area contributed by atoms with Crippen LogP contribution in [0.3, 0.4) is 0 Å². The number of aryl methyl sites for hydroxylation is 3. The summed E-state index contributed by atoms with van der Waals surface area (Å²) in [6.07, 6.45) is 0. The zero-order valence-corrected chi connectivity index (χ0v) is 12.0. The number of amides is 1. The number of nitrogens with one attached hydrogen (secondary N) is 1. The molecule has 2 aromatic carbocycles. The molecule has 0 unspecified atom stereocenters. The standard InChI is InChI=1S/C16H16ClNO/c1-10-4-6-13(8-12(10)3)16(19)18-15-9-14(17)7-5-11(15)2/h4-9H,1-3H3,(H,18,19). The van der Waals surface area contributed by atoms with Crippen LogP contribution in [0.25, 0.3) is 0 Å². The number of anilines is 1. The summed E-state index contributed by atoms with van der Waals surface area (Å²) in [5, 5.41) is 3.50. The molecule has 0 saturated heterocycles. The molecule has 2 rings (SSSR count). The normalized spacial score (nSPS) is 10.3. The predicted molar refractivity (Wildman–Crippen MR) is 80.1 cm³/mol. The molecule has 3 heteroatoms. The molecule has 19 heavy (non-hydrogen) atoms. The maximum absolute atomic E-state index is 12.2. The first-order valence-electron chi connectivity index (χ1n) is 6.12. The van der Waals surface area contributed by atoms with Crippen LogP contribution in [0.5, 0.6) is 0 Å². The molecule has 1 amide bonds. The molecule has 1 N–H and O–H groups in total. The summed E-state index contributed by atoms with van der Waals surface area (Å²) in [6.45, 7) is 5.96. The van der Waals surface area contributed by atoms with Crippen LogP contribution in [-0.2, 0) is 0 Å². The van der Waals surface area contributed by atoms with E-state index < -0.39 is 0 Å². The quantitative estimate of drug-likeness (QED) is 0.856. The molecule has 0 bridgehead atoms. The zero-order chi connectivity index (χ0) is 14.0. The lowest BCUT2D eigenvalue weighted by Gasteiger charge is -2.10. The number of hydrogen-bond acceptors (Lipinski definition) is 1.